The number of benzene rings is 1. The maximum Gasteiger partial charge on any atom is 0.338 e. The average molecular weight is 499 g/mol. The second-order valence-corrected chi connectivity index (χ2v) is 10.1. The number of hydrogen-bond donors (Lipinski definition) is 0. The molecule has 34 heavy (non-hydrogen) atoms. The lowest BCUT2D eigenvalue weighted by Crippen LogP contribution is -2.40. The fraction of sp³-hybridized carbons (Fsp3) is 0.320. The second kappa shape index (κ2) is 9.60. The van der Waals surface area contributed by atoms with Crippen LogP contribution in [0.1, 0.15) is 42.8 Å². The number of aryl methyl sites for hydroxylation is 1. The van der Waals surface area contributed by atoms with Crippen LogP contribution < -0.4 is 24.4 Å². The number of rotatable bonds is 6. The van der Waals surface area contributed by atoms with E-state index in [0.717, 1.165) is 10.4 Å². The normalized spacial score (nSPS) is 15.9. The van der Waals surface area contributed by atoms with Crippen molar-refractivity contribution in [3.63, 3.8) is 0 Å². The highest BCUT2D eigenvalue weighted by molar-refractivity contribution is 7.11. The number of allylic oxidation sites excluding steroid dienone is 1. The van der Waals surface area contributed by atoms with Gasteiger partial charge in [-0.1, -0.05) is 11.3 Å². The van der Waals surface area contributed by atoms with Crippen LogP contribution in [-0.2, 0) is 9.53 Å². The van der Waals surface area contributed by atoms with E-state index in [4.69, 9.17) is 14.2 Å². The number of thiophene rings is 1. The number of carbonyl (C=O) groups excluding carboxylic acids is 1. The molecule has 0 saturated carbocycles. The summed E-state index contributed by atoms with van der Waals surface area (Å²) in [6, 6.07) is 6.56. The Labute approximate surface area is 205 Å². The van der Waals surface area contributed by atoms with Crippen LogP contribution in [0.2, 0.25) is 0 Å². The van der Waals surface area contributed by atoms with Crippen molar-refractivity contribution in [2.45, 2.75) is 39.8 Å². The van der Waals surface area contributed by atoms with E-state index in [1.165, 1.54) is 11.3 Å². The number of thiazole rings is 1. The lowest BCUT2D eigenvalue weighted by Gasteiger charge is -2.26. The molecule has 0 aliphatic carbocycles. The SMILES string of the molecule is COc1ccc(OC)c([C@H]2C(C(=O)OC(C)C)=C(C)N=c3s/c(=C\c4sccc4C)c(=O)n32)c1. The molecule has 2 aromatic heterocycles. The summed E-state index contributed by atoms with van der Waals surface area (Å²) in [5, 5.41) is 1.99. The van der Waals surface area contributed by atoms with E-state index in [0.29, 0.717) is 37.7 Å². The molecular formula is C25H26N2O5S2. The Kier molecular flexibility index (Phi) is 6.77. The van der Waals surface area contributed by atoms with Gasteiger partial charge in [-0.3, -0.25) is 9.36 Å². The molecule has 1 atom stereocenters. The van der Waals surface area contributed by atoms with Crippen LogP contribution in [-0.4, -0.2) is 30.9 Å². The van der Waals surface area contributed by atoms with E-state index >= 15 is 0 Å². The number of ether oxygens (including phenoxy) is 3. The Hall–Kier alpha value is -3.17. The minimum Gasteiger partial charge on any atom is -0.497 e. The number of esters is 1. The molecule has 4 rings (SSSR count). The van der Waals surface area contributed by atoms with Gasteiger partial charge in [0.15, 0.2) is 4.80 Å². The molecule has 0 amide bonds. The summed E-state index contributed by atoms with van der Waals surface area (Å²) in [7, 11) is 3.12. The first kappa shape index (κ1) is 24.0. The molecular weight excluding hydrogens is 472 g/mol. The first-order chi connectivity index (χ1) is 16.2. The summed E-state index contributed by atoms with van der Waals surface area (Å²) in [4.78, 5) is 33.1. The molecule has 0 radical (unpaired) electrons. The van der Waals surface area contributed by atoms with Crippen molar-refractivity contribution in [1.29, 1.82) is 0 Å². The van der Waals surface area contributed by atoms with Crippen LogP contribution in [0.4, 0.5) is 0 Å². The molecule has 0 saturated heterocycles. The van der Waals surface area contributed by atoms with Crippen molar-refractivity contribution >= 4 is 34.7 Å². The van der Waals surface area contributed by atoms with Gasteiger partial charge in [0.1, 0.15) is 17.5 Å². The predicted octanol–water partition coefficient (Wildman–Crippen LogP) is 3.57. The average Bonchev–Trinajstić information content (AvgIpc) is 3.34. The molecule has 1 aliphatic rings. The van der Waals surface area contributed by atoms with Gasteiger partial charge in [-0.25, -0.2) is 9.79 Å². The van der Waals surface area contributed by atoms with Crippen LogP contribution in [0.5, 0.6) is 11.5 Å². The van der Waals surface area contributed by atoms with E-state index in [-0.39, 0.29) is 11.7 Å². The number of fused-ring (bicyclic) bond motifs is 1. The van der Waals surface area contributed by atoms with Gasteiger partial charge in [0.2, 0.25) is 0 Å². The van der Waals surface area contributed by atoms with Crippen LogP contribution in [0.25, 0.3) is 6.08 Å². The van der Waals surface area contributed by atoms with Gasteiger partial charge >= 0.3 is 5.97 Å². The zero-order valence-corrected chi connectivity index (χ0v) is 21.5. The Morgan fingerprint density at radius 3 is 2.56 bits per heavy atom. The highest BCUT2D eigenvalue weighted by Crippen LogP contribution is 2.38. The maximum absolute atomic E-state index is 13.7. The lowest BCUT2D eigenvalue weighted by atomic mass is 9.94. The minimum atomic E-state index is -0.779. The molecule has 7 nitrogen and oxygen atoms in total. The molecule has 0 unspecified atom stereocenters. The summed E-state index contributed by atoms with van der Waals surface area (Å²) in [6.07, 6.45) is 1.56. The van der Waals surface area contributed by atoms with Gasteiger partial charge < -0.3 is 14.2 Å². The zero-order valence-electron chi connectivity index (χ0n) is 19.9. The van der Waals surface area contributed by atoms with E-state index < -0.39 is 12.0 Å². The van der Waals surface area contributed by atoms with Crippen molar-refractivity contribution in [1.82, 2.24) is 4.57 Å². The van der Waals surface area contributed by atoms with E-state index in [9.17, 15) is 9.59 Å². The highest BCUT2D eigenvalue weighted by Gasteiger charge is 2.35. The first-order valence-corrected chi connectivity index (χ1v) is 12.4. The summed E-state index contributed by atoms with van der Waals surface area (Å²) >= 11 is 2.87. The Morgan fingerprint density at radius 2 is 1.94 bits per heavy atom. The topological polar surface area (TPSA) is 79.1 Å². The van der Waals surface area contributed by atoms with Crippen molar-refractivity contribution < 1.29 is 19.0 Å². The number of methoxy groups -OCH3 is 2. The van der Waals surface area contributed by atoms with Crippen molar-refractivity contribution in [2.75, 3.05) is 14.2 Å². The molecule has 1 aromatic carbocycles. The third kappa shape index (κ3) is 4.33. The minimum absolute atomic E-state index is 0.228. The van der Waals surface area contributed by atoms with Crippen LogP contribution in [0.3, 0.4) is 0 Å². The number of aromatic nitrogens is 1. The van der Waals surface area contributed by atoms with Gasteiger partial charge in [-0.2, -0.15) is 0 Å². The van der Waals surface area contributed by atoms with Crippen molar-refractivity contribution in [2.24, 2.45) is 4.99 Å². The molecule has 3 aromatic rings. The van der Waals surface area contributed by atoms with Gasteiger partial charge in [0.05, 0.1) is 36.1 Å². The quantitative estimate of drug-likeness (QED) is 0.486. The molecule has 0 spiro atoms. The van der Waals surface area contributed by atoms with Gasteiger partial charge in [0, 0.05) is 10.4 Å². The van der Waals surface area contributed by atoms with E-state index in [2.05, 4.69) is 4.99 Å². The molecule has 1 aliphatic heterocycles. The summed E-state index contributed by atoms with van der Waals surface area (Å²) in [6.45, 7) is 7.34. The van der Waals surface area contributed by atoms with Crippen molar-refractivity contribution in [3.8, 4) is 11.5 Å². The first-order valence-electron chi connectivity index (χ1n) is 10.7. The second-order valence-electron chi connectivity index (χ2n) is 8.11. The van der Waals surface area contributed by atoms with Gasteiger partial charge in [0.25, 0.3) is 5.56 Å². The van der Waals surface area contributed by atoms with Crippen LogP contribution in [0, 0.1) is 6.92 Å². The monoisotopic (exact) mass is 498 g/mol. The molecule has 3 heterocycles. The number of nitrogens with zero attached hydrogens (tertiary/aromatic N) is 2. The zero-order chi connectivity index (χ0) is 24.6. The Balaban J connectivity index is 2.03. The fourth-order valence-corrected chi connectivity index (χ4v) is 5.82. The molecule has 0 fully saturated rings. The molecule has 0 bridgehead atoms. The largest absolute Gasteiger partial charge is 0.497 e. The number of carbonyl (C=O) groups is 1. The Bertz CT molecular complexity index is 1460. The standard InChI is InChI=1S/C25H26N2O5S2/c1-13(2)32-24(29)21-15(4)26-25-27(22(21)17-11-16(30-5)7-8-18(17)31-6)23(28)20(34-25)12-19-14(3)9-10-33-19/h7-13,22H,1-6H3/b20-12-/t22-/m0/s1. The maximum atomic E-state index is 13.7. The van der Waals surface area contributed by atoms with E-state index in [1.807, 2.05) is 24.4 Å². The number of hydrogen-bond acceptors (Lipinski definition) is 8. The molecule has 178 valence electrons. The highest BCUT2D eigenvalue weighted by atomic mass is 32.1. The molecule has 9 heteroatoms. The summed E-state index contributed by atoms with van der Waals surface area (Å²) < 4.78 is 18.7. The van der Waals surface area contributed by atoms with Gasteiger partial charge in [-0.15, -0.1) is 11.3 Å². The lowest BCUT2D eigenvalue weighted by molar-refractivity contribution is -0.143. The Morgan fingerprint density at radius 1 is 1.18 bits per heavy atom. The van der Waals surface area contributed by atoms with Gasteiger partial charge in [-0.05, 0) is 69.0 Å². The van der Waals surface area contributed by atoms with Crippen LogP contribution >= 0.6 is 22.7 Å². The van der Waals surface area contributed by atoms with Crippen molar-refractivity contribution in [3.05, 3.63) is 76.6 Å². The predicted molar refractivity (Wildman–Crippen MR) is 134 cm³/mol. The summed E-state index contributed by atoms with van der Waals surface area (Å²) in [5.41, 5.74) is 2.28. The molecule has 0 N–H and O–H groups in total. The van der Waals surface area contributed by atoms with E-state index in [1.54, 1.807) is 69.1 Å². The fourth-order valence-electron chi connectivity index (χ4n) is 3.86. The third-order valence-corrected chi connectivity index (χ3v) is 7.43. The smallest absolute Gasteiger partial charge is 0.338 e. The third-order valence-electron chi connectivity index (χ3n) is 5.48. The summed E-state index contributed by atoms with van der Waals surface area (Å²) in [5.74, 6) is 0.590. The van der Waals surface area contributed by atoms with Crippen LogP contribution in [0.15, 0.2) is 50.7 Å².